The number of methoxy groups -OCH3 is 2. The molecule has 1 aliphatic rings. The molecule has 1 aromatic rings. The molecule has 0 radical (unpaired) electrons. The van der Waals surface area contributed by atoms with Gasteiger partial charge in [0, 0.05) is 12.8 Å². The third kappa shape index (κ3) is 7.66. The maximum absolute atomic E-state index is 11.0. The van der Waals surface area contributed by atoms with Crippen LogP contribution in [0.4, 0.5) is 0 Å². The highest BCUT2D eigenvalue weighted by Crippen LogP contribution is 2.39. The van der Waals surface area contributed by atoms with Crippen LogP contribution in [0.5, 0.6) is 11.5 Å². The minimum atomic E-state index is -0.133. The van der Waals surface area contributed by atoms with Gasteiger partial charge in [-0.2, -0.15) is 0 Å². The first-order valence-corrected chi connectivity index (χ1v) is 9.74. The van der Waals surface area contributed by atoms with Gasteiger partial charge >= 0.3 is 5.97 Å². The molecule has 0 saturated heterocycles. The molecular weight excluding hydrogens is 340 g/mol. The predicted octanol–water partition coefficient (Wildman–Crippen LogP) is 5.89. The molecule has 2 atom stereocenters. The minimum absolute atomic E-state index is 0.133. The molecule has 0 amide bonds. The van der Waals surface area contributed by atoms with Crippen LogP contribution >= 0.6 is 0 Å². The van der Waals surface area contributed by atoms with E-state index in [0.717, 1.165) is 23.5 Å². The monoisotopic (exact) mass is 376 g/mol. The molecule has 0 bridgehead atoms. The second kappa shape index (κ2) is 11.0. The first kappa shape index (κ1) is 23.1. The lowest BCUT2D eigenvalue weighted by molar-refractivity contribution is -0.153. The molecule has 1 aromatic carbocycles. The summed E-state index contributed by atoms with van der Waals surface area (Å²) in [6.45, 7) is 10.2. The fourth-order valence-electron chi connectivity index (χ4n) is 3.59. The Hall–Kier alpha value is -1.97. The quantitative estimate of drug-likeness (QED) is 0.615. The summed E-state index contributed by atoms with van der Waals surface area (Å²) >= 11 is 0. The van der Waals surface area contributed by atoms with E-state index in [-0.39, 0.29) is 17.5 Å². The largest absolute Gasteiger partial charge is 0.493 e. The van der Waals surface area contributed by atoms with Gasteiger partial charge in [-0.25, -0.2) is 0 Å². The summed E-state index contributed by atoms with van der Waals surface area (Å²) in [6.07, 6.45) is 8.87. The summed E-state index contributed by atoms with van der Waals surface area (Å²) in [4.78, 5) is 11.0. The second-order valence-electron chi connectivity index (χ2n) is 8.02. The Kier molecular flexibility index (Phi) is 9.40. The van der Waals surface area contributed by atoms with Crippen LogP contribution in [0.3, 0.4) is 0 Å². The average molecular weight is 377 g/mol. The molecule has 0 aliphatic heterocycles. The number of benzene rings is 1. The molecule has 0 aromatic heterocycles. The standard InChI is InChI=1S/C12H22O2.C11H14O2/c1-9(13)14-11-8-6-5-7-10(11)12(2,3)4;1-4-5-9-6-7-10(12-2)11(8-9)13-3/h10-11H,5-8H2,1-4H3;4-8H,1-3H3. The molecule has 0 N–H and O–H groups in total. The van der Waals surface area contributed by atoms with Crippen LogP contribution < -0.4 is 9.47 Å². The van der Waals surface area contributed by atoms with Crippen LogP contribution in [0.2, 0.25) is 0 Å². The van der Waals surface area contributed by atoms with Crippen molar-refractivity contribution in [2.24, 2.45) is 11.3 Å². The second-order valence-corrected chi connectivity index (χ2v) is 8.02. The van der Waals surface area contributed by atoms with Gasteiger partial charge in [0.05, 0.1) is 14.2 Å². The highest BCUT2D eigenvalue weighted by Gasteiger charge is 2.35. The van der Waals surface area contributed by atoms with Gasteiger partial charge in [0.15, 0.2) is 11.5 Å². The molecule has 152 valence electrons. The summed E-state index contributed by atoms with van der Waals surface area (Å²) in [5.74, 6) is 1.92. The van der Waals surface area contributed by atoms with Crippen molar-refractivity contribution >= 4 is 12.0 Å². The van der Waals surface area contributed by atoms with Crippen molar-refractivity contribution in [2.75, 3.05) is 14.2 Å². The fraction of sp³-hybridized carbons (Fsp3) is 0.609. The van der Waals surface area contributed by atoms with E-state index in [4.69, 9.17) is 14.2 Å². The van der Waals surface area contributed by atoms with E-state index in [1.807, 2.05) is 37.3 Å². The summed E-state index contributed by atoms with van der Waals surface area (Å²) < 4.78 is 15.7. The number of hydrogen-bond donors (Lipinski definition) is 0. The van der Waals surface area contributed by atoms with E-state index in [1.165, 1.54) is 26.2 Å². The molecule has 4 heteroatoms. The highest BCUT2D eigenvalue weighted by atomic mass is 16.5. The van der Waals surface area contributed by atoms with Crippen LogP contribution in [0.25, 0.3) is 6.08 Å². The van der Waals surface area contributed by atoms with Crippen LogP contribution in [0.1, 0.15) is 65.9 Å². The van der Waals surface area contributed by atoms with E-state index in [2.05, 4.69) is 20.8 Å². The van der Waals surface area contributed by atoms with Gasteiger partial charge < -0.3 is 14.2 Å². The van der Waals surface area contributed by atoms with E-state index in [0.29, 0.717) is 5.92 Å². The third-order valence-electron chi connectivity index (χ3n) is 4.90. The summed E-state index contributed by atoms with van der Waals surface area (Å²) in [5, 5.41) is 0. The Balaban J connectivity index is 0.000000271. The number of carbonyl (C=O) groups is 1. The van der Waals surface area contributed by atoms with Crippen molar-refractivity contribution in [3.05, 3.63) is 29.8 Å². The smallest absolute Gasteiger partial charge is 0.302 e. The SMILES string of the molecule is CC(=O)OC1CCCCC1C(C)(C)C.CC=Cc1ccc(OC)c(OC)c1. The Morgan fingerprint density at radius 3 is 2.22 bits per heavy atom. The van der Waals surface area contributed by atoms with Gasteiger partial charge in [-0.05, 0) is 49.3 Å². The number of hydrogen-bond acceptors (Lipinski definition) is 4. The van der Waals surface area contributed by atoms with Crippen molar-refractivity contribution in [3.63, 3.8) is 0 Å². The lowest BCUT2D eigenvalue weighted by atomic mass is 9.71. The average Bonchev–Trinajstić information content (AvgIpc) is 2.61. The van der Waals surface area contributed by atoms with E-state index in [1.54, 1.807) is 14.2 Å². The summed E-state index contributed by atoms with van der Waals surface area (Å²) in [6, 6.07) is 5.83. The van der Waals surface area contributed by atoms with Gasteiger partial charge in [0.1, 0.15) is 6.10 Å². The van der Waals surface area contributed by atoms with Crippen molar-refractivity contribution in [2.45, 2.75) is 66.4 Å². The molecule has 1 aliphatic carbocycles. The van der Waals surface area contributed by atoms with E-state index < -0.39 is 0 Å². The number of esters is 1. The predicted molar refractivity (Wildman–Crippen MR) is 111 cm³/mol. The van der Waals surface area contributed by atoms with Crippen molar-refractivity contribution < 1.29 is 19.0 Å². The number of carbonyl (C=O) groups excluding carboxylic acids is 1. The minimum Gasteiger partial charge on any atom is -0.493 e. The summed E-state index contributed by atoms with van der Waals surface area (Å²) in [5.41, 5.74) is 1.36. The van der Waals surface area contributed by atoms with Gasteiger partial charge in [-0.3, -0.25) is 4.79 Å². The number of rotatable bonds is 4. The highest BCUT2D eigenvalue weighted by molar-refractivity contribution is 5.66. The first-order valence-electron chi connectivity index (χ1n) is 9.74. The van der Waals surface area contributed by atoms with Crippen molar-refractivity contribution in [1.82, 2.24) is 0 Å². The zero-order valence-electron chi connectivity index (χ0n) is 18.0. The van der Waals surface area contributed by atoms with Crippen molar-refractivity contribution in [1.29, 1.82) is 0 Å². The van der Waals surface area contributed by atoms with Gasteiger partial charge in [0.25, 0.3) is 0 Å². The molecule has 2 rings (SSSR count). The lowest BCUT2D eigenvalue weighted by Crippen LogP contribution is -2.37. The van der Waals surface area contributed by atoms with Crippen LogP contribution in [-0.4, -0.2) is 26.3 Å². The zero-order chi connectivity index (χ0) is 20.4. The molecule has 1 saturated carbocycles. The molecule has 0 spiro atoms. The molecule has 1 fully saturated rings. The Morgan fingerprint density at radius 2 is 1.70 bits per heavy atom. The van der Waals surface area contributed by atoms with Crippen molar-refractivity contribution in [3.8, 4) is 11.5 Å². The number of ether oxygens (including phenoxy) is 3. The molecular formula is C23H36O4. The van der Waals surface area contributed by atoms with Crippen LogP contribution in [0.15, 0.2) is 24.3 Å². The zero-order valence-corrected chi connectivity index (χ0v) is 18.0. The molecule has 2 unspecified atom stereocenters. The van der Waals surface area contributed by atoms with Crippen LogP contribution in [0, 0.1) is 11.3 Å². The Morgan fingerprint density at radius 1 is 1.07 bits per heavy atom. The normalized spacial score (nSPS) is 19.8. The van der Waals surface area contributed by atoms with E-state index >= 15 is 0 Å². The van der Waals surface area contributed by atoms with Gasteiger partial charge in [-0.15, -0.1) is 0 Å². The van der Waals surface area contributed by atoms with Gasteiger partial charge in [-0.1, -0.05) is 45.4 Å². The topological polar surface area (TPSA) is 44.8 Å². The van der Waals surface area contributed by atoms with Gasteiger partial charge in [0.2, 0.25) is 0 Å². The Bertz CT molecular complexity index is 613. The Labute approximate surface area is 164 Å². The maximum atomic E-state index is 11.0. The maximum Gasteiger partial charge on any atom is 0.302 e. The third-order valence-corrected chi connectivity index (χ3v) is 4.90. The number of allylic oxidation sites excluding steroid dienone is 1. The fourth-order valence-corrected chi connectivity index (χ4v) is 3.59. The molecule has 27 heavy (non-hydrogen) atoms. The lowest BCUT2D eigenvalue weighted by Gasteiger charge is -2.39. The molecule has 0 heterocycles. The van der Waals surface area contributed by atoms with Crippen LogP contribution in [-0.2, 0) is 9.53 Å². The molecule has 4 nitrogen and oxygen atoms in total. The van der Waals surface area contributed by atoms with E-state index in [9.17, 15) is 4.79 Å². The summed E-state index contributed by atoms with van der Waals surface area (Å²) in [7, 11) is 3.27. The first-order chi connectivity index (χ1) is 12.7.